The molecular formula is C15H29N3O2S. The van der Waals surface area contributed by atoms with Gasteiger partial charge in [-0.25, -0.2) is 8.42 Å². The highest BCUT2D eigenvalue weighted by atomic mass is 32.2. The zero-order valence-corrected chi connectivity index (χ0v) is 14.1. The lowest BCUT2D eigenvalue weighted by molar-refractivity contribution is 0.139. The van der Waals surface area contributed by atoms with Crippen LogP contribution in [0.4, 0.5) is 0 Å². The van der Waals surface area contributed by atoms with Gasteiger partial charge < -0.3 is 10.6 Å². The molecule has 1 saturated carbocycles. The van der Waals surface area contributed by atoms with Gasteiger partial charge in [0, 0.05) is 19.6 Å². The average molecular weight is 315 g/mol. The van der Waals surface area contributed by atoms with Crippen molar-refractivity contribution in [2.24, 2.45) is 16.3 Å². The van der Waals surface area contributed by atoms with Crippen molar-refractivity contribution < 1.29 is 8.42 Å². The number of aliphatic imine (C=N–C) groups is 1. The molecule has 1 unspecified atom stereocenters. The zero-order chi connectivity index (χ0) is 15.3. The van der Waals surface area contributed by atoms with E-state index in [1.165, 1.54) is 25.7 Å². The minimum absolute atomic E-state index is 0.225. The second-order valence-corrected chi connectivity index (χ2v) is 8.78. The van der Waals surface area contributed by atoms with Crippen molar-refractivity contribution in [1.29, 1.82) is 0 Å². The second-order valence-electron chi connectivity index (χ2n) is 6.55. The summed E-state index contributed by atoms with van der Waals surface area (Å²) in [5, 5.41) is 6.58. The quantitative estimate of drug-likeness (QED) is 0.576. The molecule has 21 heavy (non-hydrogen) atoms. The first-order chi connectivity index (χ1) is 9.99. The van der Waals surface area contributed by atoms with E-state index in [4.69, 9.17) is 4.99 Å². The molecule has 0 spiro atoms. The summed E-state index contributed by atoms with van der Waals surface area (Å²) < 4.78 is 23.0. The SMILES string of the molecule is CCNC(=NCC1(CC)CCC1)NCC1CCS(=O)(=O)C1. The third kappa shape index (κ3) is 4.59. The van der Waals surface area contributed by atoms with E-state index in [0.717, 1.165) is 25.5 Å². The number of nitrogens with zero attached hydrogens (tertiary/aromatic N) is 1. The zero-order valence-electron chi connectivity index (χ0n) is 13.3. The van der Waals surface area contributed by atoms with Crippen LogP contribution >= 0.6 is 0 Å². The summed E-state index contributed by atoms with van der Waals surface area (Å²) in [6.45, 7) is 6.70. The summed E-state index contributed by atoms with van der Waals surface area (Å²) in [4.78, 5) is 4.72. The average Bonchev–Trinajstić information content (AvgIpc) is 2.74. The maximum Gasteiger partial charge on any atom is 0.191 e. The first-order valence-corrected chi connectivity index (χ1v) is 10.0. The van der Waals surface area contributed by atoms with Gasteiger partial charge in [0.05, 0.1) is 11.5 Å². The minimum atomic E-state index is -2.79. The van der Waals surface area contributed by atoms with Crippen molar-refractivity contribution in [3.63, 3.8) is 0 Å². The van der Waals surface area contributed by atoms with Gasteiger partial charge in [-0.15, -0.1) is 0 Å². The molecule has 0 aromatic heterocycles. The lowest BCUT2D eigenvalue weighted by Crippen LogP contribution is -2.41. The Labute approximate surface area is 128 Å². The van der Waals surface area contributed by atoms with Crippen LogP contribution in [-0.2, 0) is 9.84 Å². The molecule has 0 bridgehead atoms. The Morgan fingerprint density at radius 2 is 2.05 bits per heavy atom. The Morgan fingerprint density at radius 3 is 2.52 bits per heavy atom. The summed E-state index contributed by atoms with van der Waals surface area (Å²) in [6.07, 6.45) is 5.86. The molecule has 0 radical (unpaired) electrons. The van der Waals surface area contributed by atoms with Crippen LogP contribution in [0, 0.1) is 11.3 Å². The normalized spacial score (nSPS) is 27.1. The molecule has 1 atom stereocenters. The predicted molar refractivity (Wildman–Crippen MR) is 87.3 cm³/mol. The van der Waals surface area contributed by atoms with E-state index < -0.39 is 9.84 Å². The first-order valence-electron chi connectivity index (χ1n) is 8.21. The Morgan fingerprint density at radius 1 is 1.29 bits per heavy atom. The second kappa shape index (κ2) is 6.99. The molecule has 1 saturated heterocycles. The van der Waals surface area contributed by atoms with Gasteiger partial charge in [0.25, 0.3) is 0 Å². The van der Waals surface area contributed by atoms with E-state index in [2.05, 4.69) is 24.5 Å². The van der Waals surface area contributed by atoms with E-state index in [1.807, 2.05) is 0 Å². The van der Waals surface area contributed by atoms with Crippen LogP contribution in [0.15, 0.2) is 4.99 Å². The standard InChI is InChI=1S/C15H29N3O2S/c1-3-15(7-5-8-15)12-18-14(16-4-2)17-10-13-6-9-21(19,20)11-13/h13H,3-12H2,1-2H3,(H2,16,17,18). The van der Waals surface area contributed by atoms with Crippen molar-refractivity contribution in [3.05, 3.63) is 0 Å². The Bertz CT molecular complexity index is 464. The van der Waals surface area contributed by atoms with Gasteiger partial charge >= 0.3 is 0 Å². The van der Waals surface area contributed by atoms with Gasteiger partial charge in [-0.3, -0.25) is 4.99 Å². The number of guanidine groups is 1. The molecular weight excluding hydrogens is 286 g/mol. The summed E-state index contributed by atoms with van der Waals surface area (Å²) in [6, 6.07) is 0. The minimum Gasteiger partial charge on any atom is -0.357 e. The van der Waals surface area contributed by atoms with E-state index in [1.54, 1.807) is 0 Å². The van der Waals surface area contributed by atoms with Crippen LogP contribution in [0.25, 0.3) is 0 Å². The maximum atomic E-state index is 11.5. The van der Waals surface area contributed by atoms with E-state index in [0.29, 0.717) is 23.5 Å². The van der Waals surface area contributed by atoms with Crippen LogP contribution < -0.4 is 10.6 Å². The molecule has 0 aromatic carbocycles. The third-order valence-electron chi connectivity index (χ3n) is 4.97. The smallest absolute Gasteiger partial charge is 0.191 e. The fraction of sp³-hybridized carbons (Fsp3) is 0.933. The molecule has 122 valence electrons. The van der Waals surface area contributed by atoms with Gasteiger partial charge in [-0.05, 0) is 43.9 Å². The van der Waals surface area contributed by atoms with Crippen LogP contribution in [0.3, 0.4) is 0 Å². The van der Waals surface area contributed by atoms with Crippen LogP contribution in [0.2, 0.25) is 0 Å². The molecule has 2 aliphatic rings. The molecule has 1 aliphatic carbocycles. The fourth-order valence-corrected chi connectivity index (χ4v) is 5.02. The molecule has 2 N–H and O–H groups in total. The van der Waals surface area contributed by atoms with E-state index >= 15 is 0 Å². The molecule has 6 heteroatoms. The highest BCUT2D eigenvalue weighted by Crippen LogP contribution is 2.43. The largest absolute Gasteiger partial charge is 0.357 e. The van der Waals surface area contributed by atoms with Gasteiger partial charge in [0.15, 0.2) is 15.8 Å². The van der Waals surface area contributed by atoms with Gasteiger partial charge in [0.1, 0.15) is 0 Å². The fourth-order valence-electron chi connectivity index (χ4n) is 3.16. The summed E-state index contributed by atoms with van der Waals surface area (Å²) in [5.74, 6) is 1.72. The number of rotatable bonds is 6. The van der Waals surface area contributed by atoms with Crippen molar-refractivity contribution >= 4 is 15.8 Å². The van der Waals surface area contributed by atoms with Crippen molar-refractivity contribution in [3.8, 4) is 0 Å². The summed E-state index contributed by atoms with van der Waals surface area (Å²) >= 11 is 0. The molecule has 1 aliphatic heterocycles. The van der Waals surface area contributed by atoms with E-state index in [-0.39, 0.29) is 5.92 Å². The van der Waals surface area contributed by atoms with Crippen molar-refractivity contribution in [2.45, 2.75) is 46.0 Å². The molecule has 1 heterocycles. The first kappa shape index (κ1) is 16.6. The molecule has 2 rings (SSSR count). The summed E-state index contributed by atoms with van der Waals surface area (Å²) in [5.41, 5.74) is 0.416. The molecule has 2 fully saturated rings. The number of hydrogen-bond donors (Lipinski definition) is 2. The topological polar surface area (TPSA) is 70.6 Å². The van der Waals surface area contributed by atoms with Crippen LogP contribution in [-0.4, -0.2) is 45.5 Å². The number of hydrogen-bond acceptors (Lipinski definition) is 3. The van der Waals surface area contributed by atoms with Crippen molar-refractivity contribution in [2.75, 3.05) is 31.1 Å². The molecule has 0 amide bonds. The highest BCUT2D eigenvalue weighted by Gasteiger charge is 2.34. The Hall–Kier alpha value is -0.780. The van der Waals surface area contributed by atoms with Crippen LogP contribution in [0.5, 0.6) is 0 Å². The lowest BCUT2D eigenvalue weighted by Gasteiger charge is -2.40. The predicted octanol–water partition coefficient (Wildman–Crippen LogP) is 1.56. The van der Waals surface area contributed by atoms with Gasteiger partial charge in [0.2, 0.25) is 0 Å². The highest BCUT2D eigenvalue weighted by molar-refractivity contribution is 7.91. The van der Waals surface area contributed by atoms with Gasteiger partial charge in [-0.1, -0.05) is 13.3 Å². The Balaban J connectivity index is 1.84. The van der Waals surface area contributed by atoms with Gasteiger partial charge in [-0.2, -0.15) is 0 Å². The third-order valence-corrected chi connectivity index (χ3v) is 6.80. The monoisotopic (exact) mass is 315 g/mol. The maximum absolute atomic E-state index is 11.5. The van der Waals surface area contributed by atoms with E-state index in [9.17, 15) is 8.42 Å². The molecule has 0 aromatic rings. The Kier molecular flexibility index (Phi) is 5.52. The lowest BCUT2D eigenvalue weighted by atomic mass is 9.67. The van der Waals surface area contributed by atoms with Crippen LogP contribution in [0.1, 0.15) is 46.0 Å². The summed E-state index contributed by atoms with van der Waals surface area (Å²) in [7, 11) is -2.79. The number of nitrogens with one attached hydrogen (secondary N) is 2. The molecule has 5 nitrogen and oxygen atoms in total. The number of sulfone groups is 1. The van der Waals surface area contributed by atoms with Crippen molar-refractivity contribution in [1.82, 2.24) is 10.6 Å².